The van der Waals surface area contributed by atoms with E-state index in [2.05, 4.69) is 61.2 Å². The minimum Gasteiger partial charge on any atom is -0.322 e. The smallest absolute Gasteiger partial charge is 0.257 e. The summed E-state index contributed by atoms with van der Waals surface area (Å²) in [5.41, 5.74) is 6.11. The topological polar surface area (TPSA) is 78.7 Å². The van der Waals surface area contributed by atoms with E-state index in [9.17, 15) is 4.79 Å². The maximum atomic E-state index is 13.1. The molecule has 0 spiro atoms. The first kappa shape index (κ1) is 26.5. The molecule has 6 rings (SSSR count). The van der Waals surface area contributed by atoms with Crippen molar-refractivity contribution in [3.8, 4) is 11.8 Å². The predicted molar refractivity (Wildman–Crippen MR) is 154 cm³/mol. The Balaban J connectivity index is 0.00000151. The zero-order valence-corrected chi connectivity index (χ0v) is 22.9. The Morgan fingerprint density at radius 3 is 2.64 bits per heavy atom. The van der Waals surface area contributed by atoms with Crippen LogP contribution in [0.25, 0.3) is 5.65 Å². The van der Waals surface area contributed by atoms with Crippen molar-refractivity contribution < 1.29 is 4.79 Å². The first-order valence-corrected chi connectivity index (χ1v) is 13.7. The summed E-state index contributed by atoms with van der Waals surface area (Å²) in [6.07, 6.45) is 9.04. The summed E-state index contributed by atoms with van der Waals surface area (Å²) < 4.78 is 1.68. The van der Waals surface area contributed by atoms with E-state index in [0.29, 0.717) is 22.7 Å². The highest BCUT2D eigenvalue weighted by atomic mass is 16.1. The molecule has 1 aliphatic carbocycles. The van der Waals surface area contributed by atoms with Gasteiger partial charge in [-0.1, -0.05) is 25.8 Å². The summed E-state index contributed by atoms with van der Waals surface area (Å²) in [5, 5.41) is 7.35. The van der Waals surface area contributed by atoms with E-state index in [1.165, 1.54) is 24.0 Å². The minimum absolute atomic E-state index is 0.193. The number of piperazine rings is 1. The maximum Gasteiger partial charge on any atom is 0.257 e. The number of hydrogen-bond acceptors (Lipinski definition) is 6. The summed E-state index contributed by atoms with van der Waals surface area (Å²) in [4.78, 5) is 26.5. The lowest BCUT2D eigenvalue weighted by molar-refractivity contribution is 0.102. The lowest BCUT2D eigenvalue weighted by Crippen LogP contribution is -2.44. The number of fused-ring (bicyclic) bond motifs is 1. The highest BCUT2D eigenvalue weighted by Gasteiger charge is 2.27. The van der Waals surface area contributed by atoms with Crippen LogP contribution in [0.15, 0.2) is 61.2 Å². The molecule has 1 amide bonds. The number of aromatic nitrogens is 4. The second kappa shape index (κ2) is 12.2. The average Bonchev–Trinajstić information content (AvgIpc) is 3.74. The van der Waals surface area contributed by atoms with Crippen LogP contribution < -0.4 is 5.32 Å². The number of imidazole rings is 1. The number of likely N-dealkylation sites (N-methyl/N-ethyl adjacent to an activating group) is 1. The van der Waals surface area contributed by atoms with Crippen molar-refractivity contribution >= 4 is 17.2 Å². The van der Waals surface area contributed by atoms with E-state index in [1.54, 1.807) is 35.4 Å². The molecular formula is C31H35N7O. The molecule has 39 heavy (non-hydrogen) atoms. The van der Waals surface area contributed by atoms with Crippen LogP contribution in [-0.4, -0.2) is 68.5 Å². The molecule has 0 atom stereocenters. The zero-order valence-electron chi connectivity index (χ0n) is 22.9. The van der Waals surface area contributed by atoms with Gasteiger partial charge in [-0.3, -0.25) is 14.7 Å². The highest BCUT2D eigenvalue weighted by Crippen LogP contribution is 2.43. The molecule has 8 nitrogen and oxygen atoms in total. The van der Waals surface area contributed by atoms with Crippen molar-refractivity contribution in [2.45, 2.75) is 39.2 Å². The molecule has 4 heterocycles. The number of rotatable bonds is 5. The molecule has 2 fully saturated rings. The third-order valence-electron chi connectivity index (χ3n) is 7.02. The van der Waals surface area contributed by atoms with Crippen LogP contribution in [0.2, 0.25) is 0 Å². The third kappa shape index (κ3) is 6.51. The van der Waals surface area contributed by atoms with Crippen LogP contribution in [0.1, 0.15) is 65.3 Å². The van der Waals surface area contributed by atoms with Gasteiger partial charge in [-0.15, -0.1) is 0 Å². The van der Waals surface area contributed by atoms with Crippen molar-refractivity contribution in [1.29, 1.82) is 0 Å². The number of carbonyl (C=O) groups is 1. The van der Waals surface area contributed by atoms with Crippen LogP contribution in [-0.2, 0) is 6.54 Å². The lowest BCUT2D eigenvalue weighted by Gasteiger charge is -2.32. The molecule has 0 unspecified atom stereocenters. The van der Waals surface area contributed by atoms with Gasteiger partial charge >= 0.3 is 0 Å². The van der Waals surface area contributed by atoms with Crippen molar-refractivity contribution in [3.05, 3.63) is 89.1 Å². The van der Waals surface area contributed by atoms with Gasteiger partial charge in [-0.2, -0.15) is 5.10 Å². The first-order chi connectivity index (χ1) is 19.1. The summed E-state index contributed by atoms with van der Waals surface area (Å²) in [6, 6.07) is 11.8. The molecule has 1 aromatic carbocycles. The van der Waals surface area contributed by atoms with Crippen molar-refractivity contribution in [1.82, 2.24) is 29.4 Å². The third-order valence-corrected chi connectivity index (χ3v) is 7.02. The van der Waals surface area contributed by atoms with Crippen molar-refractivity contribution in [2.24, 2.45) is 0 Å². The number of nitrogens with one attached hydrogen (secondary N) is 1. The normalized spacial score (nSPS) is 15.7. The van der Waals surface area contributed by atoms with E-state index in [1.807, 2.05) is 32.0 Å². The number of pyridine rings is 1. The Kier molecular flexibility index (Phi) is 8.30. The molecule has 0 bridgehead atoms. The monoisotopic (exact) mass is 521 g/mol. The molecule has 1 saturated heterocycles. The minimum atomic E-state index is -0.193. The van der Waals surface area contributed by atoms with Crippen LogP contribution in [0.5, 0.6) is 0 Å². The fourth-order valence-corrected chi connectivity index (χ4v) is 4.72. The fraction of sp³-hybridized carbons (Fsp3) is 0.355. The lowest BCUT2D eigenvalue weighted by atomic mass is 10.0. The molecule has 1 aliphatic heterocycles. The predicted octanol–water partition coefficient (Wildman–Crippen LogP) is 4.43. The van der Waals surface area contributed by atoms with Crippen LogP contribution in [0.3, 0.4) is 0 Å². The Bertz CT molecular complexity index is 1500. The van der Waals surface area contributed by atoms with E-state index >= 15 is 0 Å². The average molecular weight is 522 g/mol. The first-order valence-electron chi connectivity index (χ1n) is 13.7. The van der Waals surface area contributed by atoms with E-state index in [-0.39, 0.29) is 5.91 Å². The molecule has 3 aromatic heterocycles. The molecule has 8 heteroatoms. The van der Waals surface area contributed by atoms with Gasteiger partial charge in [0.1, 0.15) is 5.69 Å². The molecule has 200 valence electrons. The van der Waals surface area contributed by atoms with Gasteiger partial charge in [0, 0.05) is 62.6 Å². The highest BCUT2D eigenvalue weighted by molar-refractivity contribution is 6.04. The summed E-state index contributed by atoms with van der Waals surface area (Å²) in [5.74, 6) is 6.57. The van der Waals surface area contributed by atoms with Gasteiger partial charge in [-0.05, 0) is 73.2 Å². The van der Waals surface area contributed by atoms with Crippen LogP contribution >= 0.6 is 0 Å². The Morgan fingerprint density at radius 2 is 1.85 bits per heavy atom. The Labute approximate surface area is 230 Å². The molecule has 4 aromatic rings. The summed E-state index contributed by atoms with van der Waals surface area (Å²) >= 11 is 0. The largest absolute Gasteiger partial charge is 0.322 e. The molecule has 1 N–H and O–H groups in total. The van der Waals surface area contributed by atoms with E-state index < -0.39 is 0 Å². The van der Waals surface area contributed by atoms with Gasteiger partial charge in [0.05, 0.1) is 11.8 Å². The SMILES string of the molecule is CC.CN1CCN(Cc2ccc(NC(=O)c3cncc(C#Cc4cnc5cccnn45)c3)cc2C2CC2)CC1. The second-order valence-corrected chi connectivity index (χ2v) is 9.87. The Morgan fingerprint density at radius 1 is 1.03 bits per heavy atom. The van der Waals surface area contributed by atoms with Gasteiger partial charge in [-0.25, -0.2) is 9.50 Å². The van der Waals surface area contributed by atoms with Gasteiger partial charge in [0.25, 0.3) is 5.91 Å². The van der Waals surface area contributed by atoms with E-state index in [0.717, 1.165) is 44.1 Å². The number of anilines is 1. The Hall–Kier alpha value is -4.06. The summed E-state index contributed by atoms with van der Waals surface area (Å²) in [7, 11) is 2.18. The van der Waals surface area contributed by atoms with Gasteiger partial charge in [0.15, 0.2) is 5.65 Å². The second-order valence-electron chi connectivity index (χ2n) is 9.87. The summed E-state index contributed by atoms with van der Waals surface area (Å²) in [6.45, 7) is 9.39. The van der Waals surface area contributed by atoms with Crippen molar-refractivity contribution in [2.75, 3.05) is 38.5 Å². The number of amides is 1. The van der Waals surface area contributed by atoms with Gasteiger partial charge in [0.2, 0.25) is 0 Å². The zero-order chi connectivity index (χ0) is 27.2. The van der Waals surface area contributed by atoms with Crippen LogP contribution in [0, 0.1) is 11.8 Å². The fourth-order valence-electron chi connectivity index (χ4n) is 4.72. The van der Waals surface area contributed by atoms with Crippen molar-refractivity contribution in [3.63, 3.8) is 0 Å². The quantitative estimate of drug-likeness (QED) is 0.392. The standard InChI is InChI=1S/C29H29N7O.C2H6/c1-34-11-13-35(14-12-34)20-23-7-8-25(16-27(23)22-5-6-22)33-29(37)24-15-21(17-30-18-24)4-9-26-19-31-28-3-2-10-32-36(26)28;1-2/h2-3,7-8,10,15-19,22H,5-6,11-14,20H2,1H3,(H,33,37);1-2H3. The number of nitrogens with zero attached hydrogens (tertiary/aromatic N) is 6. The van der Waals surface area contributed by atoms with E-state index in [4.69, 9.17) is 0 Å². The molecule has 0 radical (unpaired) electrons. The van der Waals surface area contributed by atoms with Gasteiger partial charge < -0.3 is 10.2 Å². The maximum absolute atomic E-state index is 13.1. The van der Waals surface area contributed by atoms with Crippen LogP contribution in [0.4, 0.5) is 5.69 Å². The molecule has 2 aliphatic rings. The molecular weight excluding hydrogens is 486 g/mol. The number of carbonyl (C=O) groups excluding carboxylic acids is 1. The molecule has 1 saturated carbocycles. The number of hydrogen-bond donors (Lipinski definition) is 1. The number of benzene rings is 1.